The molecule has 0 spiro atoms. The zero-order valence-corrected chi connectivity index (χ0v) is 16.3. The van der Waals surface area contributed by atoms with Crippen molar-refractivity contribution in [3.8, 4) is 0 Å². The van der Waals surface area contributed by atoms with Crippen molar-refractivity contribution in [1.29, 1.82) is 0 Å². The number of carbonyl (C=O) groups is 2. The van der Waals surface area contributed by atoms with Crippen molar-refractivity contribution in [2.45, 2.75) is 46.8 Å². The van der Waals surface area contributed by atoms with E-state index in [2.05, 4.69) is 42.8 Å². The second kappa shape index (κ2) is 14.9. The molecule has 7 nitrogen and oxygen atoms in total. The standard InChI is InChI=1S/C18H36N4O3/c1-5-21(6-2)14-9-13-20-17(23)10-11-18(24)25-16(19)12-15-22(7-3)8-4/h10-11,16H,5-9,12-15,19H2,1-4H3,(H,20,23)/b11-10+. The van der Waals surface area contributed by atoms with Gasteiger partial charge in [0.1, 0.15) is 0 Å². The molecule has 0 saturated heterocycles. The summed E-state index contributed by atoms with van der Waals surface area (Å²) in [5.41, 5.74) is 5.78. The molecule has 0 saturated carbocycles. The fourth-order valence-electron chi connectivity index (χ4n) is 2.35. The number of nitrogens with two attached hydrogens (primary N) is 1. The third-order valence-corrected chi connectivity index (χ3v) is 4.11. The summed E-state index contributed by atoms with van der Waals surface area (Å²) in [6.45, 7) is 14.6. The normalized spacial score (nSPS) is 12.8. The number of rotatable bonds is 14. The molecule has 3 N–H and O–H groups in total. The molecule has 0 rings (SSSR count). The molecule has 25 heavy (non-hydrogen) atoms. The largest absolute Gasteiger partial charge is 0.444 e. The van der Waals surface area contributed by atoms with Gasteiger partial charge in [0.15, 0.2) is 6.23 Å². The number of amides is 1. The predicted molar refractivity (Wildman–Crippen MR) is 101 cm³/mol. The lowest BCUT2D eigenvalue weighted by atomic mass is 10.3. The quantitative estimate of drug-likeness (QED) is 0.209. The number of nitrogens with zero attached hydrogens (tertiary/aromatic N) is 2. The maximum absolute atomic E-state index is 11.7. The summed E-state index contributed by atoms with van der Waals surface area (Å²) < 4.78 is 5.07. The van der Waals surface area contributed by atoms with E-state index in [0.29, 0.717) is 13.0 Å². The molecule has 7 heteroatoms. The van der Waals surface area contributed by atoms with Crippen LogP contribution in [-0.4, -0.2) is 73.7 Å². The first-order chi connectivity index (χ1) is 12.0. The van der Waals surface area contributed by atoms with E-state index in [4.69, 9.17) is 10.5 Å². The topological polar surface area (TPSA) is 87.9 Å². The van der Waals surface area contributed by atoms with Crippen molar-refractivity contribution < 1.29 is 14.3 Å². The van der Waals surface area contributed by atoms with Crippen LogP contribution in [0.3, 0.4) is 0 Å². The van der Waals surface area contributed by atoms with Crippen molar-refractivity contribution in [1.82, 2.24) is 15.1 Å². The van der Waals surface area contributed by atoms with Gasteiger partial charge in [-0.15, -0.1) is 0 Å². The summed E-state index contributed by atoms with van der Waals surface area (Å²) in [5.74, 6) is -0.890. The molecule has 0 aliphatic rings. The second-order valence-corrected chi connectivity index (χ2v) is 5.80. The molecule has 1 unspecified atom stereocenters. The Morgan fingerprint density at radius 2 is 1.56 bits per heavy atom. The van der Waals surface area contributed by atoms with E-state index in [0.717, 1.165) is 51.8 Å². The van der Waals surface area contributed by atoms with E-state index in [9.17, 15) is 9.59 Å². The highest BCUT2D eigenvalue weighted by molar-refractivity contribution is 5.94. The maximum Gasteiger partial charge on any atom is 0.332 e. The molecule has 0 aromatic carbocycles. The van der Waals surface area contributed by atoms with E-state index >= 15 is 0 Å². The van der Waals surface area contributed by atoms with Gasteiger partial charge in [0.2, 0.25) is 5.91 Å². The van der Waals surface area contributed by atoms with Crippen LogP contribution in [0.5, 0.6) is 0 Å². The molecule has 0 aromatic heterocycles. The van der Waals surface area contributed by atoms with Crippen LogP contribution in [0.4, 0.5) is 0 Å². The highest BCUT2D eigenvalue weighted by atomic mass is 16.6. The molecule has 0 heterocycles. The summed E-state index contributed by atoms with van der Waals surface area (Å²) >= 11 is 0. The molecule has 146 valence electrons. The Labute approximate surface area is 152 Å². The fourth-order valence-corrected chi connectivity index (χ4v) is 2.35. The molecular formula is C18H36N4O3. The lowest BCUT2D eigenvalue weighted by molar-refractivity contribution is -0.143. The lowest BCUT2D eigenvalue weighted by Crippen LogP contribution is -2.33. The fraction of sp³-hybridized carbons (Fsp3) is 0.778. The van der Waals surface area contributed by atoms with Gasteiger partial charge in [0.05, 0.1) is 0 Å². The van der Waals surface area contributed by atoms with Crippen LogP contribution in [0.15, 0.2) is 12.2 Å². The molecule has 0 bridgehead atoms. The number of esters is 1. The summed E-state index contributed by atoms with van der Waals surface area (Å²) in [6, 6.07) is 0. The molecule has 0 fully saturated rings. The Morgan fingerprint density at radius 1 is 1.00 bits per heavy atom. The zero-order valence-electron chi connectivity index (χ0n) is 16.3. The van der Waals surface area contributed by atoms with Crippen molar-refractivity contribution in [2.75, 3.05) is 45.8 Å². The number of carbonyl (C=O) groups excluding carboxylic acids is 2. The monoisotopic (exact) mass is 356 g/mol. The highest BCUT2D eigenvalue weighted by Gasteiger charge is 2.09. The lowest BCUT2D eigenvalue weighted by Gasteiger charge is -2.20. The van der Waals surface area contributed by atoms with Crippen LogP contribution in [0.25, 0.3) is 0 Å². The third kappa shape index (κ3) is 12.6. The summed E-state index contributed by atoms with van der Waals surface area (Å²) in [6.07, 6.45) is 3.10. The molecule has 0 radical (unpaired) electrons. The summed E-state index contributed by atoms with van der Waals surface area (Å²) in [7, 11) is 0. The first-order valence-corrected chi connectivity index (χ1v) is 9.33. The summed E-state index contributed by atoms with van der Waals surface area (Å²) in [4.78, 5) is 27.8. The van der Waals surface area contributed by atoms with Crippen LogP contribution in [0, 0.1) is 0 Å². The van der Waals surface area contributed by atoms with Gasteiger partial charge in [-0.05, 0) is 39.1 Å². The van der Waals surface area contributed by atoms with Crippen molar-refractivity contribution in [3.05, 3.63) is 12.2 Å². The third-order valence-electron chi connectivity index (χ3n) is 4.11. The van der Waals surface area contributed by atoms with Gasteiger partial charge in [-0.3, -0.25) is 10.5 Å². The van der Waals surface area contributed by atoms with E-state index in [1.54, 1.807) is 0 Å². The molecule has 1 atom stereocenters. The smallest absolute Gasteiger partial charge is 0.332 e. The first kappa shape index (κ1) is 23.6. The van der Waals surface area contributed by atoms with Gasteiger partial charge in [0.25, 0.3) is 0 Å². The Bertz CT molecular complexity index is 394. The number of hydrogen-bond donors (Lipinski definition) is 2. The predicted octanol–water partition coefficient (Wildman–Crippen LogP) is 0.951. The number of ether oxygens (including phenoxy) is 1. The van der Waals surface area contributed by atoms with Gasteiger partial charge < -0.3 is 19.9 Å². The molecule has 0 aliphatic heterocycles. The van der Waals surface area contributed by atoms with E-state index < -0.39 is 12.2 Å². The zero-order chi connectivity index (χ0) is 19.1. The first-order valence-electron chi connectivity index (χ1n) is 9.33. The second-order valence-electron chi connectivity index (χ2n) is 5.80. The Balaban J connectivity index is 3.94. The van der Waals surface area contributed by atoms with Crippen molar-refractivity contribution in [3.63, 3.8) is 0 Å². The van der Waals surface area contributed by atoms with Gasteiger partial charge in [-0.25, -0.2) is 4.79 Å². The number of nitrogens with one attached hydrogen (secondary N) is 1. The molecule has 0 aliphatic carbocycles. The van der Waals surface area contributed by atoms with Gasteiger partial charge >= 0.3 is 5.97 Å². The average Bonchev–Trinajstić information content (AvgIpc) is 2.61. The Kier molecular flexibility index (Phi) is 14.0. The minimum absolute atomic E-state index is 0.298. The SMILES string of the molecule is CCN(CC)CCCNC(=O)/C=C/C(=O)OC(N)CCN(CC)CC. The highest BCUT2D eigenvalue weighted by Crippen LogP contribution is 1.97. The van der Waals surface area contributed by atoms with Crippen LogP contribution >= 0.6 is 0 Å². The Hall–Kier alpha value is -1.44. The van der Waals surface area contributed by atoms with Crippen LogP contribution in [-0.2, 0) is 14.3 Å². The van der Waals surface area contributed by atoms with Crippen LogP contribution in [0.1, 0.15) is 40.5 Å². The van der Waals surface area contributed by atoms with Crippen molar-refractivity contribution in [2.24, 2.45) is 5.73 Å². The molecular weight excluding hydrogens is 320 g/mol. The minimum atomic E-state index is -0.658. The van der Waals surface area contributed by atoms with E-state index in [-0.39, 0.29) is 5.91 Å². The maximum atomic E-state index is 11.7. The number of hydrogen-bond acceptors (Lipinski definition) is 6. The van der Waals surface area contributed by atoms with Crippen molar-refractivity contribution >= 4 is 11.9 Å². The minimum Gasteiger partial charge on any atom is -0.444 e. The van der Waals surface area contributed by atoms with E-state index in [1.807, 2.05) is 0 Å². The van der Waals surface area contributed by atoms with Gasteiger partial charge in [-0.2, -0.15) is 0 Å². The van der Waals surface area contributed by atoms with Crippen LogP contribution in [0.2, 0.25) is 0 Å². The van der Waals surface area contributed by atoms with Gasteiger partial charge in [-0.1, -0.05) is 27.7 Å². The van der Waals surface area contributed by atoms with Crippen LogP contribution < -0.4 is 11.1 Å². The summed E-state index contributed by atoms with van der Waals surface area (Å²) in [5, 5.41) is 2.75. The van der Waals surface area contributed by atoms with Gasteiger partial charge in [0, 0.05) is 31.7 Å². The average molecular weight is 357 g/mol. The van der Waals surface area contributed by atoms with E-state index in [1.165, 1.54) is 6.08 Å². The molecule has 1 amide bonds. The Morgan fingerprint density at radius 3 is 2.12 bits per heavy atom. The molecule has 0 aromatic rings.